The summed E-state index contributed by atoms with van der Waals surface area (Å²) in [6.07, 6.45) is 5.66. The maximum Gasteiger partial charge on any atom is 0.164 e. The Hall–Kier alpha value is -2.47. The first-order valence-electron chi connectivity index (χ1n) is 6.90. The van der Waals surface area contributed by atoms with E-state index in [2.05, 4.69) is 38.8 Å². The Labute approximate surface area is 123 Å². The van der Waals surface area contributed by atoms with Crippen LogP contribution >= 0.6 is 0 Å². The number of aryl methyl sites for hydroxylation is 1. The van der Waals surface area contributed by atoms with Crippen LogP contribution in [0.15, 0.2) is 49.1 Å². The SMILES string of the molecule is Cn1cnc(CNCc2cnn(Cc3ccccc3)c2)n1. The number of hydrogen-bond acceptors (Lipinski definition) is 4. The second kappa shape index (κ2) is 6.32. The zero-order valence-corrected chi connectivity index (χ0v) is 12.0. The van der Waals surface area contributed by atoms with E-state index in [1.54, 1.807) is 11.0 Å². The Kier molecular flexibility index (Phi) is 4.07. The van der Waals surface area contributed by atoms with E-state index in [4.69, 9.17) is 0 Å². The highest BCUT2D eigenvalue weighted by Gasteiger charge is 2.01. The topological polar surface area (TPSA) is 60.6 Å². The number of benzene rings is 1. The van der Waals surface area contributed by atoms with Gasteiger partial charge in [-0.25, -0.2) is 4.98 Å². The van der Waals surface area contributed by atoms with Crippen LogP contribution in [0.25, 0.3) is 0 Å². The van der Waals surface area contributed by atoms with Crippen molar-refractivity contribution in [2.24, 2.45) is 7.05 Å². The van der Waals surface area contributed by atoms with Crippen molar-refractivity contribution in [3.63, 3.8) is 0 Å². The van der Waals surface area contributed by atoms with Gasteiger partial charge < -0.3 is 5.32 Å². The van der Waals surface area contributed by atoms with Gasteiger partial charge in [0, 0.05) is 25.4 Å². The Morgan fingerprint density at radius 1 is 1.10 bits per heavy atom. The summed E-state index contributed by atoms with van der Waals surface area (Å²) >= 11 is 0. The maximum atomic E-state index is 4.38. The van der Waals surface area contributed by atoms with Crippen LogP contribution < -0.4 is 5.32 Å². The molecule has 0 aliphatic rings. The molecule has 0 radical (unpaired) electrons. The molecule has 0 fully saturated rings. The van der Waals surface area contributed by atoms with Gasteiger partial charge in [-0.1, -0.05) is 30.3 Å². The lowest BCUT2D eigenvalue weighted by Crippen LogP contribution is -2.13. The third kappa shape index (κ3) is 3.76. The fourth-order valence-electron chi connectivity index (χ4n) is 2.14. The summed E-state index contributed by atoms with van der Waals surface area (Å²) in [5, 5.41) is 11.9. The zero-order chi connectivity index (χ0) is 14.5. The highest BCUT2D eigenvalue weighted by Crippen LogP contribution is 2.04. The average Bonchev–Trinajstić information content (AvgIpc) is 3.10. The van der Waals surface area contributed by atoms with Crippen LogP contribution in [0.2, 0.25) is 0 Å². The van der Waals surface area contributed by atoms with Crippen LogP contribution in [-0.4, -0.2) is 24.5 Å². The molecule has 0 unspecified atom stereocenters. The smallest absolute Gasteiger partial charge is 0.164 e. The van der Waals surface area contributed by atoms with E-state index >= 15 is 0 Å². The average molecular weight is 282 g/mol. The van der Waals surface area contributed by atoms with Crippen molar-refractivity contribution in [3.05, 3.63) is 66.0 Å². The van der Waals surface area contributed by atoms with Crippen molar-refractivity contribution >= 4 is 0 Å². The maximum absolute atomic E-state index is 4.38. The quantitative estimate of drug-likeness (QED) is 0.741. The number of nitrogens with zero attached hydrogens (tertiary/aromatic N) is 5. The third-order valence-corrected chi connectivity index (χ3v) is 3.13. The van der Waals surface area contributed by atoms with E-state index in [-0.39, 0.29) is 0 Å². The highest BCUT2D eigenvalue weighted by atomic mass is 15.3. The summed E-state index contributed by atoms with van der Waals surface area (Å²) in [5.74, 6) is 0.800. The third-order valence-electron chi connectivity index (χ3n) is 3.13. The first-order chi connectivity index (χ1) is 10.3. The number of rotatable bonds is 6. The zero-order valence-electron chi connectivity index (χ0n) is 12.0. The molecule has 6 nitrogen and oxygen atoms in total. The number of aromatic nitrogens is 5. The molecule has 0 spiro atoms. The van der Waals surface area contributed by atoms with Crippen LogP contribution in [-0.2, 0) is 26.7 Å². The molecule has 1 aromatic carbocycles. The monoisotopic (exact) mass is 282 g/mol. The Balaban J connectivity index is 1.51. The fraction of sp³-hybridized carbons (Fsp3) is 0.267. The van der Waals surface area contributed by atoms with Crippen LogP contribution in [0.5, 0.6) is 0 Å². The molecule has 3 rings (SSSR count). The second-order valence-electron chi connectivity index (χ2n) is 4.97. The predicted molar refractivity (Wildman–Crippen MR) is 79.3 cm³/mol. The fourth-order valence-corrected chi connectivity index (χ4v) is 2.14. The van der Waals surface area contributed by atoms with Crippen LogP contribution in [0.3, 0.4) is 0 Å². The molecule has 6 heteroatoms. The van der Waals surface area contributed by atoms with E-state index in [0.717, 1.165) is 24.5 Å². The normalized spacial score (nSPS) is 10.9. The van der Waals surface area contributed by atoms with Crippen molar-refractivity contribution in [1.29, 1.82) is 0 Å². The molecule has 108 valence electrons. The van der Waals surface area contributed by atoms with Crippen molar-refractivity contribution < 1.29 is 0 Å². The standard InChI is InChI=1S/C15H18N6/c1-20-12-17-15(19-20)9-16-7-14-8-18-21(11-14)10-13-5-3-2-4-6-13/h2-6,8,11-12,16H,7,9-10H2,1H3. The molecular formula is C15H18N6. The largest absolute Gasteiger partial charge is 0.306 e. The van der Waals surface area contributed by atoms with E-state index in [0.29, 0.717) is 6.54 Å². The number of nitrogens with one attached hydrogen (secondary N) is 1. The summed E-state index contributed by atoms with van der Waals surface area (Å²) in [5.41, 5.74) is 2.40. The summed E-state index contributed by atoms with van der Waals surface area (Å²) in [4.78, 5) is 4.18. The molecule has 3 aromatic rings. The van der Waals surface area contributed by atoms with Crippen molar-refractivity contribution in [1.82, 2.24) is 29.9 Å². The minimum absolute atomic E-state index is 0.657. The minimum Gasteiger partial charge on any atom is -0.306 e. The van der Waals surface area contributed by atoms with Crippen molar-refractivity contribution in [2.75, 3.05) is 0 Å². The van der Waals surface area contributed by atoms with E-state index in [1.807, 2.05) is 36.1 Å². The van der Waals surface area contributed by atoms with Crippen molar-refractivity contribution in [2.45, 2.75) is 19.6 Å². The van der Waals surface area contributed by atoms with Gasteiger partial charge in [0.05, 0.1) is 19.3 Å². The molecule has 21 heavy (non-hydrogen) atoms. The Morgan fingerprint density at radius 2 is 1.95 bits per heavy atom. The van der Waals surface area contributed by atoms with Crippen LogP contribution in [0.1, 0.15) is 17.0 Å². The minimum atomic E-state index is 0.657. The van der Waals surface area contributed by atoms with Gasteiger partial charge in [0.15, 0.2) is 5.82 Å². The predicted octanol–water partition coefficient (Wildman–Crippen LogP) is 1.35. The molecule has 0 bridgehead atoms. The first-order valence-corrected chi connectivity index (χ1v) is 6.90. The molecule has 0 atom stereocenters. The summed E-state index contributed by atoms with van der Waals surface area (Å²) in [6.45, 7) is 2.21. The van der Waals surface area contributed by atoms with E-state index in [9.17, 15) is 0 Å². The lowest BCUT2D eigenvalue weighted by atomic mass is 10.2. The van der Waals surface area contributed by atoms with Gasteiger partial charge in [-0.3, -0.25) is 9.36 Å². The molecule has 2 aromatic heterocycles. The van der Waals surface area contributed by atoms with Crippen LogP contribution in [0, 0.1) is 0 Å². The van der Waals surface area contributed by atoms with Crippen molar-refractivity contribution in [3.8, 4) is 0 Å². The molecule has 0 saturated carbocycles. The Bertz CT molecular complexity index is 685. The van der Waals surface area contributed by atoms with Crippen LogP contribution in [0.4, 0.5) is 0 Å². The summed E-state index contributed by atoms with van der Waals surface area (Å²) < 4.78 is 3.65. The van der Waals surface area contributed by atoms with Gasteiger partial charge in [-0.15, -0.1) is 0 Å². The lowest BCUT2D eigenvalue weighted by molar-refractivity contribution is 0.647. The lowest BCUT2D eigenvalue weighted by Gasteiger charge is -2.01. The van der Waals surface area contributed by atoms with Gasteiger partial charge in [0.1, 0.15) is 6.33 Å². The van der Waals surface area contributed by atoms with Gasteiger partial charge in [-0.05, 0) is 5.56 Å². The molecule has 2 heterocycles. The molecule has 0 saturated heterocycles. The highest BCUT2D eigenvalue weighted by molar-refractivity contribution is 5.15. The van der Waals surface area contributed by atoms with Gasteiger partial charge in [-0.2, -0.15) is 10.2 Å². The van der Waals surface area contributed by atoms with E-state index < -0.39 is 0 Å². The van der Waals surface area contributed by atoms with E-state index in [1.165, 1.54) is 5.56 Å². The van der Waals surface area contributed by atoms with Gasteiger partial charge in [0.25, 0.3) is 0 Å². The van der Waals surface area contributed by atoms with Gasteiger partial charge >= 0.3 is 0 Å². The number of hydrogen-bond donors (Lipinski definition) is 1. The summed E-state index contributed by atoms with van der Waals surface area (Å²) in [6, 6.07) is 10.3. The Morgan fingerprint density at radius 3 is 2.71 bits per heavy atom. The summed E-state index contributed by atoms with van der Waals surface area (Å²) in [7, 11) is 1.87. The van der Waals surface area contributed by atoms with Gasteiger partial charge in [0.2, 0.25) is 0 Å². The molecule has 0 aliphatic heterocycles. The molecular weight excluding hydrogens is 264 g/mol. The molecule has 1 N–H and O–H groups in total. The first kappa shape index (κ1) is 13.5. The molecule has 0 amide bonds. The molecule has 0 aliphatic carbocycles. The second-order valence-corrected chi connectivity index (χ2v) is 4.97.